The van der Waals surface area contributed by atoms with Crippen molar-refractivity contribution < 1.29 is 19.1 Å². The summed E-state index contributed by atoms with van der Waals surface area (Å²) in [6, 6.07) is 10.0. The molecule has 0 radical (unpaired) electrons. The molecule has 3 aromatic rings. The molecular weight excluding hydrogens is 436 g/mol. The van der Waals surface area contributed by atoms with Gasteiger partial charge in [0.05, 0.1) is 26.3 Å². The average molecular weight is 459 g/mol. The zero-order chi connectivity index (χ0) is 22.5. The summed E-state index contributed by atoms with van der Waals surface area (Å²) >= 11 is 6.44. The summed E-state index contributed by atoms with van der Waals surface area (Å²) in [6.07, 6.45) is 1.84. The van der Waals surface area contributed by atoms with Crippen LogP contribution in [0.1, 0.15) is 36.7 Å². The second kappa shape index (κ2) is 9.71. The van der Waals surface area contributed by atoms with Gasteiger partial charge in [-0.15, -0.1) is 11.3 Å². The Labute approximate surface area is 189 Å². The number of ether oxygens (including phenoxy) is 2. The Bertz CT molecular complexity index is 1120. The van der Waals surface area contributed by atoms with E-state index in [-0.39, 0.29) is 10.7 Å². The molecule has 3 rings (SSSR count). The Hall–Kier alpha value is -3.24. The molecule has 0 aliphatic carbocycles. The first-order valence-corrected chi connectivity index (χ1v) is 10.5. The summed E-state index contributed by atoms with van der Waals surface area (Å²) < 4.78 is 11.4. The molecule has 10 heteroatoms. The maximum absolute atomic E-state index is 12.2. The number of anilines is 2. The lowest BCUT2D eigenvalue weighted by Crippen LogP contribution is -2.20. The maximum atomic E-state index is 12.2. The van der Waals surface area contributed by atoms with Crippen molar-refractivity contribution in [2.45, 2.75) is 20.4 Å². The van der Waals surface area contributed by atoms with Crippen molar-refractivity contribution in [2.75, 3.05) is 24.9 Å². The number of carbonyl (C=O) groups excluding carboxylic acids is 2. The molecule has 0 spiro atoms. The van der Waals surface area contributed by atoms with Crippen LogP contribution in [0.25, 0.3) is 0 Å². The van der Waals surface area contributed by atoms with E-state index in [1.54, 1.807) is 17.7 Å². The van der Waals surface area contributed by atoms with Gasteiger partial charge in [0.2, 0.25) is 0 Å². The van der Waals surface area contributed by atoms with Gasteiger partial charge in [0.1, 0.15) is 9.88 Å². The van der Waals surface area contributed by atoms with E-state index >= 15 is 0 Å². The molecule has 0 aliphatic heterocycles. The minimum absolute atomic E-state index is 0.225. The lowest BCUT2D eigenvalue weighted by molar-refractivity contribution is 0.0601. The topological polar surface area (TPSA) is 94.5 Å². The number of benzene rings is 1. The van der Waals surface area contributed by atoms with Crippen LogP contribution in [-0.4, -0.2) is 41.1 Å². The quantitative estimate of drug-likeness (QED) is 0.423. The van der Waals surface area contributed by atoms with E-state index in [0.29, 0.717) is 27.8 Å². The van der Waals surface area contributed by atoms with Gasteiger partial charge in [-0.3, -0.25) is 4.68 Å². The molecule has 0 saturated heterocycles. The molecule has 2 aromatic heterocycles. The minimum atomic E-state index is -0.573. The number of thiophene rings is 1. The fourth-order valence-corrected chi connectivity index (χ4v) is 4.27. The molecule has 0 fully saturated rings. The summed E-state index contributed by atoms with van der Waals surface area (Å²) in [5.74, 6) is -0.559. The Morgan fingerprint density at radius 3 is 2.39 bits per heavy atom. The molecule has 1 aromatic carbocycles. The van der Waals surface area contributed by atoms with Crippen LogP contribution in [0, 0.1) is 13.8 Å². The van der Waals surface area contributed by atoms with E-state index in [2.05, 4.69) is 40.0 Å². The lowest BCUT2D eigenvalue weighted by Gasteiger charge is -2.09. The van der Waals surface area contributed by atoms with Crippen LogP contribution in [0.5, 0.6) is 0 Å². The highest BCUT2D eigenvalue weighted by molar-refractivity contribution is 7.80. The first-order chi connectivity index (χ1) is 14.8. The van der Waals surface area contributed by atoms with E-state index in [0.717, 1.165) is 16.9 Å². The van der Waals surface area contributed by atoms with Gasteiger partial charge >= 0.3 is 11.9 Å². The highest BCUT2D eigenvalue weighted by Crippen LogP contribution is 2.34. The van der Waals surface area contributed by atoms with Gasteiger partial charge in [-0.1, -0.05) is 29.8 Å². The molecule has 31 heavy (non-hydrogen) atoms. The third kappa shape index (κ3) is 5.28. The van der Waals surface area contributed by atoms with Crippen LogP contribution >= 0.6 is 23.6 Å². The number of esters is 2. The molecule has 0 aliphatic rings. The summed E-state index contributed by atoms with van der Waals surface area (Å²) in [5, 5.41) is 11.0. The van der Waals surface area contributed by atoms with Gasteiger partial charge in [-0.05, 0) is 37.2 Å². The predicted molar refractivity (Wildman–Crippen MR) is 124 cm³/mol. The zero-order valence-electron chi connectivity index (χ0n) is 17.5. The molecule has 162 valence electrons. The molecule has 0 saturated carbocycles. The maximum Gasteiger partial charge on any atom is 0.348 e. The number of nitrogens with zero attached hydrogens (tertiary/aromatic N) is 2. The summed E-state index contributed by atoms with van der Waals surface area (Å²) in [7, 11) is 2.56. The van der Waals surface area contributed by atoms with E-state index in [1.165, 1.54) is 19.8 Å². The number of rotatable bonds is 6. The smallest absolute Gasteiger partial charge is 0.348 e. The number of hydrogen-bond acceptors (Lipinski definition) is 7. The van der Waals surface area contributed by atoms with Crippen molar-refractivity contribution in [3.05, 3.63) is 63.7 Å². The van der Waals surface area contributed by atoms with Crippen LogP contribution in [0.4, 0.5) is 10.8 Å². The third-order valence-corrected chi connectivity index (χ3v) is 5.87. The van der Waals surface area contributed by atoms with Crippen LogP contribution < -0.4 is 10.6 Å². The number of aryl methyl sites for hydroxylation is 1. The van der Waals surface area contributed by atoms with E-state index in [4.69, 9.17) is 21.7 Å². The van der Waals surface area contributed by atoms with Crippen LogP contribution in [0.2, 0.25) is 0 Å². The first kappa shape index (κ1) is 22.4. The molecule has 0 atom stereocenters. The van der Waals surface area contributed by atoms with Crippen LogP contribution in [-0.2, 0) is 16.0 Å². The Kier molecular flexibility index (Phi) is 7.03. The second-order valence-electron chi connectivity index (χ2n) is 6.71. The second-order valence-corrected chi connectivity index (χ2v) is 8.14. The minimum Gasteiger partial charge on any atom is -0.465 e. The molecule has 0 unspecified atom stereocenters. The molecular formula is C21H22N4O4S2. The lowest BCUT2D eigenvalue weighted by atomic mass is 10.1. The SMILES string of the molecule is COC(=O)c1sc(NC(=S)Nc2ccn(Cc3ccc(C)cc3)n2)c(C(=O)OC)c1C. The van der Waals surface area contributed by atoms with Gasteiger partial charge in [-0.25, -0.2) is 9.59 Å². The number of carbonyl (C=O) groups is 2. The fourth-order valence-electron chi connectivity index (χ4n) is 2.88. The standard InChI is InChI=1S/C21H22N4O4S2/c1-12-5-7-14(8-6-12)11-25-10-9-15(24-25)22-21(30)23-18-16(19(26)28-3)13(2)17(31-18)20(27)29-4/h5-10H,11H2,1-4H3,(H2,22,23,24,30). The first-order valence-electron chi connectivity index (χ1n) is 9.29. The largest absolute Gasteiger partial charge is 0.465 e. The highest BCUT2D eigenvalue weighted by atomic mass is 32.1. The Morgan fingerprint density at radius 2 is 1.74 bits per heavy atom. The van der Waals surface area contributed by atoms with Crippen LogP contribution in [0.3, 0.4) is 0 Å². The number of nitrogens with one attached hydrogen (secondary N) is 2. The fraction of sp³-hybridized carbons (Fsp3) is 0.238. The molecule has 2 heterocycles. The van der Waals surface area contributed by atoms with Gasteiger partial charge in [0.15, 0.2) is 10.9 Å². The van der Waals surface area contributed by atoms with Gasteiger partial charge in [0, 0.05) is 12.3 Å². The highest BCUT2D eigenvalue weighted by Gasteiger charge is 2.26. The summed E-state index contributed by atoms with van der Waals surface area (Å²) in [6.45, 7) is 4.33. The monoisotopic (exact) mass is 458 g/mol. The van der Waals surface area contributed by atoms with Crippen molar-refractivity contribution in [1.82, 2.24) is 9.78 Å². The molecule has 2 N–H and O–H groups in total. The number of thiocarbonyl (C=S) groups is 1. The number of aromatic nitrogens is 2. The number of methoxy groups -OCH3 is 2. The zero-order valence-corrected chi connectivity index (χ0v) is 19.1. The van der Waals surface area contributed by atoms with Crippen molar-refractivity contribution >= 4 is 51.4 Å². The normalized spacial score (nSPS) is 10.5. The van der Waals surface area contributed by atoms with Crippen molar-refractivity contribution in [3.63, 3.8) is 0 Å². The third-order valence-electron chi connectivity index (χ3n) is 4.48. The van der Waals surface area contributed by atoms with Gasteiger partial charge < -0.3 is 20.1 Å². The summed E-state index contributed by atoms with van der Waals surface area (Å²) in [4.78, 5) is 24.5. The average Bonchev–Trinajstić information content (AvgIpc) is 3.32. The van der Waals surface area contributed by atoms with Gasteiger partial charge in [-0.2, -0.15) is 5.10 Å². The number of hydrogen-bond donors (Lipinski definition) is 2. The molecule has 8 nitrogen and oxygen atoms in total. The molecule has 0 amide bonds. The van der Waals surface area contributed by atoms with Crippen molar-refractivity contribution in [2.24, 2.45) is 0 Å². The van der Waals surface area contributed by atoms with E-state index in [9.17, 15) is 9.59 Å². The van der Waals surface area contributed by atoms with Crippen LogP contribution in [0.15, 0.2) is 36.5 Å². The summed E-state index contributed by atoms with van der Waals surface area (Å²) in [5.41, 5.74) is 3.04. The molecule has 0 bridgehead atoms. The van der Waals surface area contributed by atoms with Gasteiger partial charge in [0.25, 0.3) is 0 Å². The van der Waals surface area contributed by atoms with E-state index in [1.807, 2.05) is 13.1 Å². The Balaban J connectivity index is 1.72. The van der Waals surface area contributed by atoms with Crippen molar-refractivity contribution in [3.8, 4) is 0 Å². The Morgan fingerprint density at radius 1 is 1.06 bits per heavy atom. The predicted octanol–water partition coefficient (Wildman–Crippen LogP) is 3.99. The van der Waals surface area contributed by atoms with E-state index < -0.39 is 11.9 Å². The van der Waals surface area contributed by atoms with Crippen molar-refractivity contribution in [1.29, 1.82) is 0 Å².